The van der Waals surface area contributed by atoms with E-state index in [1.54, 1.807) is 4.90 Å². The van der Waals surface area contributed by atoms with Crippen molar-refractivity contribution in [1.29, 1.82) is 0 Å². The molecule has 1 aromatic carbocycles. The van der Waals surface area contributed by atoms with Crippen LogP contribution in [0.2, 0.25) is 0 Å². The van der Waals surface area contributed by atoms with Crippen molar-refractivity contribution in [3.63, 3.8) is 0 Å². The molecule has 0 unspecified atom stereocenters. The number of likely N-dealkylation sites (N-methyl/N-ethyl adjacent to an activating group) is 1. The van der Waals surface area contributed by atoms with E-state index in [1.807, 2.05) is 66.1 Å². The Balaban J connectivity index is 0.00000480. The summed E-state index contributed by atoms with van der Waals surface area (Å²) in [5, 5.41) is 6.65. The maximum Gasteiger partial charge on any atom is 0.410 e. The molecule has 0 bridgehead atoms. The van der Waals surface area contributed by atoms with Gasteiger partial charge in [0.15, 0.2) is 5.96 Å². The van der Waals surface area contributed by atoms with E-state index in [2.05, 4.69) is 20.5 Å². The Bertz CT molecular complexity index is 715. The Hall–Kier alpha value is -1.75. The molecule has 2 rings (SSSR count). The molecule has 176 valence electrons. The highest BCUT2D eigenvalue weighted by atomic mass is 127. The normalized spacial score (nSPS) is 14.5. The Morgan fingerprint density at radius 2 is 2.00 bits per heavy atom. The number of nitrogens with zero attached hydrogens (tertiary/aromatic N) is 3. The molecular weight excluding hydrogens is 509 g/mol. The van der Waals surface area contributed by atoms with Crippen LogP contribution in [0.4, 0.5) is 4.79 Å². The Kier molecular flexibility index (Phi) is 11.4. The van der Waals surface area contributed by atoms with Crippen LogP contribution in [-0.4, -0.2) is 80.4 Å². The van der Waals surface area contributed by atoms with Gasteiger partial charge in [-0.25, -0.2) is 9.79 Å². The molecular formula is C22H38IN5O3. The van der Waals surface area contributed by atoms with E-state index in [0.29, 0.717) is 26.2 Å². The van der Waals surface area contributed by atoms with Gasteiger partial charge in [-0.05, 0) is 59.5 Å². The molecule has 0 saturated carbocycles. The molecule has 1 saturated heterocycles. The minimum Gasteiger partial charge on any atom is -0.492 e. The maximum atomic E-state index is 12.1. The number of ether oxygens (including phenoxy) is 2. The van der Waals surface area contributed by atoms with E-state index in [-0.39, 0.29) is 36.1 Å². The first-order chi connectivity index (χ1) is 14.2. The summed E-state index contributed by atoms with van der Waals surface area (Å²) in [7, 11) is 4.05. The van der Waals surface area contributed by atoms with Crippen molar-refractivity contribution in [3.8, 4) is 5.75 Å². The zero-order valence-electron chi connectivity index (χ0n) is 19.6. The van der Waals surface area contributed by atoms with Gasteiger partial charge in [-0.15, -0.1) is 24.0 Å². The Morgan fingerprint density at radius 1 is 1.29 bits per heavy atom. The molecule has 0 aliphatic carbocycles. The minimum absolute atomic E-state index is 0. The summed E-state index contributed by atoms with van der Waals surface area (Å²) < 4.78 is 11.2. The molecule has 1 aromatic rings. The number of likely N-dealkylation sites (tertiary alicyclic amines) is 1. The van der Waals surface area contributed by atoms with Crippen molar-refractivity contribution in [2.45, 2.75) is 45.9 Å². The summed E-state index contributed by atoms with van der Waals surface area (Å²) in [4.78, 5) is 20.5. The van der Waals surface area contributed by atoms with Crippen molar-refractivity contribution >= 4 is 36.0 Å². The molecule has 8 nitrogen and oxygen atoms in total. The van der Waals surface area contributed by atoms with Crippen LogP contribution in [0.15, 0.2) is 29.3 Å². The second kappa shape index (κ2) is 12.9. The van der Waals surface area contributed by atoms with Crippen LogP contribution in [0.25, 0.3) is 0 Å². The number of guanidine groups is 1. The molecule has 9 heteroatoms. The van der Waals surface area contributed by atoms with Gasteiger partial charge < -0.3 is 29.9 Å². The molecule has 1 fully saturated rings. The van der Waals surface area contributed by atoms with Gasteiger partial charge in [0.05, 0.1) is 12.6 Å². The molecule has 0 radical (unpaired) electrons. The molecule has 0 aromatic heterocycles. The van der Waals surface area contributed by atoms with Crippen molar-refractivity contribution in [2.24, 2.45) is 4.99 Å². The molecule has 0 atom stereocenters. The third kappa shape index (κ3) is 10.4. The SMILES string of the molecule is CCNC(=NCc1cccc(OCCN(C)C)c1)NC1CN(C(=O)OC(C)(C)C)C1.I. The minimum atomic E-state index is -0.475. The highest BCUT2D eigenvalue weighted by Crippen LogP contribution is 2.16. The van der Waals surface area contributed by atoms with Gasteiger partial charge in [0, 0.05) is 26.2 Å². The van der Waals surface area contributed by atoms with Crippen LogP contribution in [0, 0.1) is 0 Å². The number of benzene rings is 1. The van der Waals surface area contributed by atoms with E-state index >= 15 is 0 Å². The topological polar surface area (TPSA) is 78.4 Å². The fraction of sp³-hybridized carbons (Fsp3) is 0.636. The number of nitrogens with one attached hydrogen (secondary N) is 2. The van der Waals surface area contributed by atoms with Gasteiger partial charge in [-0.1, -0.05) is 12.1 Å². The number of hydrogen-bond donors (Lipinski definition) is 2. The number of aliphatic imine (C=N–C) groups is 1. The zero-order valence-corrected chi connectivity index (χ0v) is 21.9. The van der Waals surface area contributed by atoms with E-state index in [1.165, 1.54) is 0 Å². The first-order valence-corrected chi connectivity index (χ1v) is 10.6. The number of rotatable bonds is 8. The second-order valence-corrected chi connectivity index (χ2v) is 8.72. The number of halogens is 1. The van der Waals surface area contributed by atoms with E-state index < -0.39 is 5.60 Å². The first kappa shape index (κ1) is 27.3. The van der Waals surface area contributed by atoms with Crippen LogP contribution < -0.4 is 15.4 Å². The second-order valence-electron chi connectivity index (χ2n) is 8.72. The standard InChI is InChI=1S/C22H37N5O3.HI/c1-7-23-20(25-18-15-27(16-18)21(28)30-22(2,3)4)24-14-17-9-8-10-19(13-17)29-12-11-26(5)6;/h8-10,13,18H,7,11-12,14-16H2,1-6H3,(H2,23,24,25);1H. The lowest BCUT2D eigenvalue weighted by Gasteiger charge is -2.40. The largest absolute Gasteiger partial charge is 0.492 e. The van der Waals surface area contributed by atoms with Crippen LogP contribution in [-0.2, 0) is 11.3 Å². The number of carbonyl (C=O) groups excluding carboxylic acids is 1. The summed E-state index contributed by atoms with van der Waals surface area (Å²) >= 11 is 0. The van der Waals surface area contributed by atoms with Gasteiger partial charge in [0.1, 0.15) is 18.0 Å². The van der Waals surface area contributed by atoms with Crippen molar-refractivity contribution in [1.82, 2.24) is 20.4 Å². The van der Waals surface area contributed by atoms with Crippen LogP contribution in [0.5, 0.6) is 5.75 Å². The molecule has 1 heterocycles. The molecule has 1 amide bonds. The lowest BCUT2D eigenvalue weighted by Crippen LogP contribution is -2.63. The summed E-state index contributed by atoms with van der Waals surface area (Å²) in [6.45, 7) is 11.7. The summed E-state index contributed by atoms with van der Waals surface area (Å²) in [5.74, 6) is 1.60. The highest BCUT2D eigenvalue weighted by Gasteiger charge is 2.34. The number of carbonyl (C=O) groups is 1. The summed E-state index contributed by atoms with van der Waals surface area (Å²) in [5.41, 5.74) is 0.606. The third-order valence-corrected chi connectivity index (χ3v) is 4.34. The van der Waals surface area contributed by atoms with Crippen molar-refractivity contribution < 1.29 is 14.3 Å². The van der Waals surface area contributed by atoms with Crippen molar-refractivity contribution in [3.05, 3.63) is 29.8 Å². The van der Waals surface area contributed by atoms with Crippen LogP contribution >= 0.6 is 24.0 Å². The fourth-order valence-electron chi connectivity index (χ4n) is 2.81. The molecule has 31 heavy (non-hydrogen) atoms. The monoisotopic (exact) mass is 547 g/mol. The average molecular weight is 547 g/mol. The number of hydrogen-bond acceptors (Lipinski definition) is 5. The van der Waals surface area contributed by atoms with E-state index in [9.17, 15) is 4.79 Å². The summed E-state index contributed by atoms with van der Waals surface area (Å²) in [6, 6.07) is 8.18. The lowest BCUT2D eigenvalue weighted by molar-refractivity contribution is 0.00700. The van der Waals surface area contributed by atoms with Crippen LogP contribution in [0.3, 0.4) is 0 Å². The predicted octanol–water partition coefficient (Wildman–Crippen LogP) is 2.92. The lowest BCUT2D eigenvalue weighted by atomic mass is 10.1. The Labute approximate surface area is 203 Å². The van der Waals surface area contributed by atoms with Gasteiger partial charge in [0.25, 0.3) is 0 Å². The van der Waals surface area contributed by atoms with Crippen molar-refractivity contribution in [2.75, 3.05) is 46.9 Å². The van der Waals surface area contributed by atoms with Gasteiger partial charge in [-0.2, -0.15) is 0 Å². The molecule has 2 N–H and O–H groups in total. The number of amides is 1. The quantitative estimate of drug-likeness (QED) is 0.296. The first-order valence-electron chi connectivity index (χ1n) is 10.6. The van der Waals surface area contributed by atoms with E-state index in [0.717, 1.165) is 30.4 Å². The van der Waals surface area contributed by atoms with Gasteiger partial charge in [-0.3, -0.25) is 0 Å². The predicted molar refractivity (Wildman–Crippen MR) is 135 cm³/mol. The van der Waals surface area contributed by atoms with Gasteiger partial charge >= 0.3 is 6.09 Å². The molecule has 0 spiro atoms. The Morgan fingerprint density at radius 3 is 2.61 bits per heavy atom. The molecule has 1 aliphatic rings. The van der Waals surface area contributed by atoms with Crippen LogP contribution in [0.1, 0.15) is 33.3 Å². The molecule has 1 aliphatic heterocycles. The maximum absolute atomic E-state index is 12.1. The fourth-order valence-corrected chi connectivity index (χ4v) is 2.81. The third-order valence-electron chi connectivity index (χ3n) is 4.34. The average Bonchev–Trinajstić information content (AvgIpc) is 2.60. The zero-order chi connectivity index (χ0) is 22.1. The highest BCUT2D eigenvalue weighted by molar-refractivity contribution is 14.0. The summed E-state index contributed by atoms with van der Waals surface area (Å²) in [6.07, 6.45) is -0.270. The smallest absolute Gasteiger partial charge is 0.410 e. The van der Waals surface area contributed by atoms with E-state index in [4.69, 9.17) is 9.47 Å². The van der Waals surface area contributed by atoms with Gasteiger partial charge in [0.2, 0.25) is 0 Å².